The molecular weight excluding hydrogens is 412 g/mol. The number of ether oxygens (including phenoxy) is 1. The smallest absolute Gasteiger partial charge is 0.260 e. The molecule has 0 spiro atoms. The van der Waals surface area contributed by atoms with Crippen molar-refractivity contribution >= 4 is 27.7 Å². The number of benzene rings is 2. The molecule has 6 nitrogen and oxygen atoms in total. The van der Waals surface area contributed by atoms with Gasteiger partial charge in [0.1, 0.15) is 11.5 Å². The van der Waals surface area contributed by atoms with E-state index in [0.717, 1.165) is 10.0 Å². The fourth-order valence-electron chi connectivity index (χ4n) is 2.34. The highest BCUT2D eigenvalue weighted by atomic mass is 79.9. The Morgan fingerprint density at radius 1 is 1.15 bits per heavy atom. The number of hydrogen-bond acceptors (Lipinski definition) is 4. The van der Waals surface area contributed by atoms with Crippen molar-refractivity contribution in [3.8, 4) is 11.5 Å². The maximum absolute atomic E-state index is 12.1. The van der Waals surface area contributed by atoms with Crippen molar-refractivity contribution in [2.75, 3.05) is 13.1 Å². The number of carbonyl (C=O) groups is 2. The van der Waals surface area contributed by atoms with Gasteiger partial charge in [-0.05, 0) is 72.1 Å². The number of aromatic hydroxyl groups is 1. The highest BCUT2D eigenvalue weighted by Crippen LogP contribution is 2.26. The maximum atomic E-state index is 12.1. The zero-order valence-electron chi connectivity index (χ0n) is 15.3. The molecule has 0 saturated carbocycles. The summed E-state index contributed by atoms with van der Waals surface area (Å²) in [4.78, 5) is 24.0. The first-order valence-corrected chi connectivity index (χ1v) is 9.44. The molecule has 27 heavy (non-hydrogen) atoms. The fraction of sp³-hybridized carbons (Fsp3) is 0.300. The van der Waals surface area contributed by atoms with Crippen molar-refractivity contribution in [2.24, 2.45) is 0 Å². The second-order valence-electron chi connectivity index (χ2n) is 6.14. The molecule has 0 heterocycles. The summed E-state index contributed by atoms with van der Waals surface area (Å²) in [7, 11) is 0. The van der Waals surface area contributed by atoms with Crippen LogP contribution >= 0.6 is 15.9 Å². The van der Waals surface area contributed by atoms with Gasteiger partial charge in [-0.1, -0.05) is 12.1 Å². The molecule has 0 radical (unpaired) electrons. The highest BCUT2D eigenvalue weighted by molar-refractivity contribution is 9.10. The van der Waals surface area contributed by atoms with Crippen LogP contribution in [0.3, 0.4) is 0 Å². The molecular formula is C20H23BrN2O4. The summed E-state index contributed by atoms with van der Waals surface area (Å²) < 4.78 is 6.48. The molecule has 1 atom stereocenters. The Bertz CT molecular complexity index is 810. The monoisotopic (exact) mass is 434 g/mol. The molecule has 2 amide bonds. The second-order valence-corrected chi connectivity index (χ2v) is 7.00. The predicted molar refractivity (Wildman–Crippen MR) is 107 cm³/mol. The van der Waals surface area contributed by atoms with Crippen LogP contribution < -0.4 is 15.4 Å². The first kappa shape index (κ1) is 20.8. The minimum absolute atomic E-state index is 0.0455. The molecule has 0 aliphatic heterocycles. The van der Waals surface area contributed by atoms with Crippen molar-refractivity contribution in [2.45, 2.75) is 26.4 Å². The van der Waals surface area contributed by atoms with E-state index in [1.54, 1.807) is 19.1 Å². The van der Waals surface area contributed by atoms with Gasteiger partial charge in [0.05, 0.1) is 4.47 Å². The molecule has 0 aromatic heterocycles. The Labute approximate surface area is 167 Å². The Morgan fingerprint density at radius 3 is 2.59 bits per heavy atom. The van der Waals surface area contributed by atoms with E-state index in [2.05, 4.69) is 26.6 Å². The summed E-state index contributed by atoms with van der Waals surface area (Å²) in [5.74, 6) is 0.172. The zero-order chi connectivity index (χ0) is 19.8. The van der Waals surface area contributed by atoms with Crippen LogP contribution in [0.1, 0.15) is 29.3 Å². The van der Waals surface area contributed by atoms with Crippen LogP contribution in [0.15, 0.2) is 46.9 Å². The SMILES string of the molecule is Cc1ccc(OC(C)C(=O)NCCCNC(=O)c2cccc(O)c2)c(Br)c1. The van der Waals surface area contributed by atoms with Gasteiger partial charge in [-0.2, -0.15) is 0 Å². The third-order valence-electron chi connectivity index (χ3n) is 3.81. The minimum atomic E-state index is -0.633. The summed E-state index contributed by atoms with van der Waals surface area (Å²) in [6.07, 6.45) is -0.0528. The lowest BCUT2D eigenvalue weighted by Gasteiger charge is -2.16. The van der Waals surface area contributed by atoms with E-state index in [0.29, 0.717) is 30.8 Å². The lowest BCUT2D eigenvalue weighted by atomic mass is 10.2. The van der Waals surface area contributed by atoms with Crippen molar-refractivity contribution in [1.29, 1.82) is 0 Å². The number of amides is 2. The van der Waals surface area contributed by atoms with Crippen molar-refractivity contribution in [3.63, 3.8) is 0 Å². The molecule has 0 saturated heterocycles. The average Bonchev–Trinajstić information content (AvgIpc) is 2.63. The number of phenolic OH excluding ortho intramolecular Hbond substituents is 1. The average molecular weight is 435 g/mol. The summed E-state index contributed by atoms with van der Waals surface area (Å²) in [6, 6.07) is 11.8. The van der Waals surface area contributed by atoms with Gasteiger partial charge in [-0.3, -0.25) is 9.59 Å². The molecule has 2 rings (SSSR count). The van der Waals surface area contributed by atoms with E-state index < -0.39 is 6.10 Å². The van der Waals surface area contributed by atoms with E-state index >= 15 is 0 Å². The Morgan fingerprint density at radius 2 is 1.89 bits per heavy atom. The van der Waals surface area contributed by atoms with E-state index in [4.69, 9.17) is 4.74 Å². The molecule has 3 N–H and O–H groups in total. The van der Waals surface area contributed by atoms with Crippen LogP contribution in [0.25, 0.3) is 0 Å². The molecule has 2 aromatic rings. The Balaban J connectivity index is 1.68. The molecule has 0 aliphatic rings. The Kier molecular flexibility index (Phi) is 7.67. The molecule has 0 bridgehead atoms. The van der Waals surface area contributed by atoms with Crippen molar-refractivity contribution < 1.29 is 19.4 Å². The lowest BCUT2D eigenvalue weighted by Crippen LogP contribution is -2.38. The number of carbonyl (C=O) groups excluding carboxylic acids is 2. The predicted octanol–water partition coefficient (Wildman–Crippen LogP) is 3.17. The first-order chi connectivity index (χ1) is 12.9. The van der Waals surface area contributed by atoms with E-state index in [1.165, 1.54) is 12.1 Å². The van der Waals surface area contributed by atoms with Crippen molar-refractivity contribution in [1.82, 2.24) is 10.6 Å². The van der Waals surface area contributed by atoms with Crippen LogP contribution in [0.4, 0.5) is 0 Å². The van der Waals surface area contributed by atoms with Crippen LogP contribution in [0.5, 0.6) is 11.5 Å². The minimum Gasteiger partial charge on any atom is -0.508 e. The van der Waals surface area contributed by atoms with Crippen molar-refractivity contribution in [3.05, 3.63) is 58.1 Å². The van der Waals surface area contributed by atoms with Gasteiger partial charge in [-0.25, -0.2) is 0 Å². The van der Waals surface area contributed by atoms with Crippen LogP contribution in [0.2, 0.25) is 0 Å². The van der Waals surface area contributed by atoms with Gasteiger partial charge in [0, 0.05) is 18.7 Å². The van der Waals surface area contributed by atoms with Gasteiger partial charge in [0.2, 0.25) is 0 Å². The number of halogens is 1. The van der Waals surface area contributed by atoms with Crippen LogP contribution in [0, 0.1) is 6.92 Å². The van der Waals surface area contributed by atoms with Gasteiger partial charge in [0.15, 0.2) is 6.10 Å². The number of rotatable bonds is 8. The zero-order valence-corrected chi connectivity index (χ0v) is 16.9. The fourth-order valence-corrected chi connectivity index (χ4v) is 2.93. The topological polar surface area (TPSA) is 87.7 Å². The Hall–Kier alpha value is -2.54. The molecule has 7 heteroatoms. The van der Waals surface area contributed by atoms with Gasteiger partial charge in [-0.15, -0.1) is 0 Å². The standard InChI is InChI=1S/C20H23BrN2O4/c1-13-7-8-18(17(21)11-13)27-14(2)19(25)22-9-4-10-23-20(26)15-5-3-6-16(24)12-15/h3,5-8,11-12,14,24H,4,9-10H2,1-2H3,(H,22,25)(H,23,26). The number of nitrogens with one attached hydrogen (secondary N) is 2. The second kappa shape index (κ2) is 9.97. The molecule has 0 fully saturated rings. The first-order valence-electron chi connectivity index (χ1n) is 8.64. The number of hydrogen-bond donors (Lipinski definition) is 3. The highest BCUT2D eigenvalue weighted by Gasteiger charge is 2.15. The molecule has 2 aromatic carbocycles. The normalized spacial score (nSPS) is 11.5. The van der Waals surface area contributed by atoms with Gasteiger partial charge >= 0.3 is 0 Å². The van der Waals surface area contributed by atoms with Crippen LogP contribution in [-0.2, 0) is 4.79 Å². The number of phenols is 1. The summed E-state index contributed by atoms with van der Waals surface area (Å²) in [6.45, 7) is 4.49. The largest absolute Gasteiger partial charge is 0.508 e. The molecule has 1 unspecified atom stereocenters. The van der Waals surface area contributed by atoms with E-state index in [9.17, 15) is 14.7 Å². The van der Waals surface area contributed by atoms with E-state index in [1.807, 2.05) is 25.1 Å². The third-order valence-corrected chi connectivity index (χ3v) is 4.43. The molecule has 144 valence electrons. The molecule has 0 aliphatic carbocycles. The van der Waals surface area contributed by atoms with Gasteiger partial charge < -0.3 is 20.5 Å². The summed E-state index contributed by atoms with van der Waals surface area (Å²) in [5, 5.41) is 14.9. The summed E-state index contributed by atoms with van der Waals surface area (Å²) >= 11 is 3.42. The lowest BCUT2D eigenvalue weighted by molar-refractivity contribution is -0.127. The van der Waals surface area contributed by atoms with Crippen LogP contribution in [-0.4, -0.2) is 36.1 Å². The maximum Gasteiger partial charge on any atom is 0.260 e. The third kappa shape index (κ3) is 6.60. The summed E-state index contributed by atoms with van der Waals surface area (Å²) in [5.41, 5.74) is 1.49. The number of aryl methyl sites for hydroxylation is 1. The quantitative estimate of drug-likeness (QED) is 0.556. The van der Waals surface area contributed by atoms with Gasteiger partial charge in [0.25, 0.3) is 11.8 Å². The van der Waals surface area contributed by atoms with E-state index in [-0.39, 0.29) is 17.6 Å².